The molecule has 1 unspecified atom stereocenters. The first-order chi connectivity index (χ1) is 12.0. The molecule has 0 spiro atoms. The van der Waals surface area contributed by atoms with E-state index in [2.05, 4.69) is 20.4 Å². The maximum Gasteiger partial charge on any atom is 0.387 e. The average molecular weight is 371 g/mol. The number of nitrogens with zero attached hydrogens (tertiary/aromatic N) is 1. The van der Waals surface area contributed by atoms with Crippen LogP contribution in [0.25, 0.3) is 0 Å². The summed E-state index contributed by atoms with van der Waals surface area (Å²) < 4.78 is 43.3. The highest BCUT2D eigenvalue weighted by Crippen LogP contribution is 2.24. The number of hydrogen-bond donors (Lipinski definition) is 2. The average Bonchev–Trinajstić information content (AvgIpc) is 3.08. The Kier molecular flexibility index (Phi) is 7.12. The lowest BCUT2D eigenvalue weighted by molar-refractivity contribution is -0.0506. The predicted molar refractivity (Wildman–Crippen MR) is 93.7 cm³/mol. The van der Waals surface area contributed by atoms with E-state index in [0.717, 1.165) is 4.88 Å². The molecule has 2 aromatic rings. The Morgan fingerprint density at radius 1 is 1.28 bits per heavy atom. The second-order valence-corrected chi connectivity index (χ2v) is 6.15. The summed E-state index contributed by atoms with van der Waals surface area (Å²) >= 11 is 1.61. The van der Waals surface area contributed by atoms with Gasteiger partial charge in [-0.1, -0.05) is 12.1 Å². The van der Waals surface area contributed by atoms with Crippen LogP contribution in [-0.2, 0) is 6.54 Å². The number of thiophene rings is 1. The Hall–Kier alpha value is -2.22. The van der Waals surface area contributed by atoms with Crippen molar-refractivity contribution in [3.8, 4) is 5.75 Å². The maximum absolute atomic E-state index is 14.0. The number of ether oxygens (including phenoxy) is 1. The van der Waals surface area contributed by atoms with Gasteiger partial charge in [0, 0.05) is 11.4 Å². The number of aliphatic imine (C=N–C) groups is 1. The number of rotatable bonds is 7. The largest absolute Gasteiger partial charge is 0.434 e. The molecule has 2 rings (SSSR count). The van der Waals surface area contributed by atoms with Gasteiger partial charge in [0.1, 0.15) is 11.6 Å². The van der Waals surface area contributed by atoms with Gasteiger partial charge in [-0.15, -0.1) is 11.3 Å². The fourth-order valence-electron chi connectivity index (χ4n) is 2.19. The van der Waals surface area contributed by atoms with Crippen LogP contribution in [0.15, 0.2) is 40.7 Å². The van der Waals surface area contributed by atoms with Crippen molar-refractivity contribution in [1.82, 2.24) is 10.6 Å². The van der Waals surface area contributed by atoms with E-state index >= 15 is 0 Å². The lowest BCUT2D eigenvalue weighted by Gasteiger charge is -2.17. The molecule has 0 bridgehead atoms. The number of alkyl halides is 2. The third-order valence-electron chi connectivity index (χ3n) is 3.35. The van der Waals surface area contributed by atoms with Gasteiger partial charge in [-0.3, -0.25) is 0 Å². The molecule has 0 aliphatic rings. The Bertz CT molecular complexity index is 692. The number of halogens is 3. The molecule has 136 valence electrons. The fraction of sp³-hybridized carbons (Fsp3) is 0.353. The first-order valence-electron chi connectivity index (χ1n) is 7.81. The van der Waals surface area contributed by atoms with Gasteiger partial charge >= 0.3 is 6.61 Å². The molecule has 1 atom stereocenters. The molecule has 0 aliphatic carbocycles. The molecule has 1 aromatic heterocycles. The van der Waals surface area contributed by atoms with Crippen LogP contribution >= 0.6 is 11.3 Å². The zero-order chi connectivity index (χ0) is 18.2. The number of benzene rings is 1. The van der Waals surface area contributed by atoms with Crippen molar-refractivity contribution in [2.45, 2.75) is 33.0 Å². The van der Waals surface area contributed by atoms with Crippen LogP contribution in [0.4, 0.5) is 13.2 Å². The van der Waals surface area contributed by atoms with Gasteiger partial charge in [-0.2, -0.15) is 8.78 Å². The molecule has 0 saturated heterocycles. The molecular weight excluding hydrogens is 351 g/mol. The SMILES string of the molecule is CCNC(=NCc1c(F)cccc1OC(F)F)NC(C)c1cccs1. The van der Waals surface area contributed by atoms with Crippen molar-refractivity contribution in [1.29, 1.82) is 0 Å². The summed E-state index contributed by atoms with van der Waals surface area (Å²) in [5, 5.41) is 8.24. The van der Waals surface area contributed by atoms with Gasteiger partial charge in [0.2, 0.25) is 0 Å². The summed E-state index contributed by atoms with van der Waals surface area (Å²) in [5.41, 5.74) is -0.0104. The van der Waals surface area contributed by atoms with Crippen LogP contribution < -0.4 is 15.4 Å². The normalized spacial score (nSPS) is 13.0. The highest BCUT2D eigenvalue weighted by molar-refractivity contribution is 7.10. The van der Waals surface area contributed by atoms with E-state index in [4.69, 9.17) is 0 Å². The Morgan fingerprint density at radius 2 is 2.08 bits per heavy atom. The van der Waals surface area contributed by atoms with Gasteiger partial charge in [-0.05, 0) is 37.4 Å². The lowest BCUT2D eigenvalue weighted by Crippen LogP contribution is -2.38. The van der Waals surface area contributed by atoms with Crippen molar-refractivity contribution in [2.24, 2.45) is 4.99 Å². The standard InChI is InChI=1S/C17H20F3N3OS/c1-3-21-17(23-11(2)15-8-5-9-25-15)22-10-12-13(18)6-4-7-14(12)24-16(19)20/h4-9,11,16H,3,10H2,1-2H3,(H2,21,22,23). The van der Waals surface area contributed by atoms with Crippen LogP contribution in [0.3, 0.4) is 0 Å². The monoisotopic (exact) mass is 371 g/mol. The minimum absolute atomic E-state index is 0.00945. The lowest BCUT2D eigenvalue weighted by atomic mass is 10.2. The molecule has 0 aliphatic heterocycles. The number of guanidine groups is 1. The summed E-state index contributed by atoms with van der Waals surface area (Å²) in [6.07, 6.45) is 0. The second kappa shape index (κ2) is 9.31. The predicted octanol–water partition coefficient (Wildman–Crippen LogP) is 4.30. The first kappa shape index (κ1) is 19.1. The van der Waals surface area contributed by atoms with Gasteiger partial charge in [-0.25, -0.2) is 9.38 Å². The molecule has 1 heterocycles. The first-order valence-corrected chi connectivity index (χ1v) is 8.69. The molecule has 25 heavy (non-hydrogen) atoms. The van der Waals surface area contributed by atoms with Crippen molar-refractivity contribution < 1.29 is 17.9 Å². The van der Waals surface area contributed by atoms with Crippen LogP contribution in [0.5, 0.6) is 5.75 Å². The Labute approximate surface area is 148 Å². The summed E-state index contributed by atoms with van der Waals surface area (Å²) in [7, 11) is 0. The molecule has 0 fully saturated rings. The summed E-state index contributed by atoms with van der Waals surface area (Å²) in [6, 6.07) is 7.78. The molecule has 1 aromatic carbocycles. The van der Waals surface area contributed by atoms with E-state index < -0.39 is 12.4 Å². The second-order valence-electron chi connectivity index (χ2n) is 5.17. The zero-order valence-electron chi connectivity index (χ0n) is 13.9. The highest BCUT2D eigenvalue weighted by atomic mass is 32.1. The van der Waals surface area contributed by atoms with Crippen molar-refractivity contribution >= 4 is 17.3 Å². The molecule has 4 nitrogen and oxygen atoms in total. The maximum atomic E-state index is 14.0. The van der Waals surface area contributed by atoms with Crippen molar-refractivity contribution in [2.75, 3.05) is 6.54 Å². The highest BCUT2D eigenvalue weighted by Gasteiger charge is 2.14. The van der Waals surface area contributed by atoms with E-state index in [0.29, 0.717) is 12.5 Å². The van der Waals surface area contributed by atoms with Crippen LogP contribution in [0.1, 0.15) is 30.3 Å². The van der Waals surface area contributed by atoms with E-state index in [9.17, 15) is 13.2 Å². The van der Waals surface area contributed by atoms with Crippen LogP contribution in [0, 0.1) is 5.82 Å². The molecular formula is C17H20F3N3OS. The van der Waals surface area contributed by atoms with Gasteiger partial charge in [0.25, 0.3) is 0 Å². The van der Waals surface area contributed by atoms with E-state index in [1.807, 2.05) is 31.4 Å². The van der Waals surface area contributed by atoms with Gasteiger partial charge < -0.3 is 15.4 Å². The van der Waals surface area contributed by atoms with Gasteiger partial charge in [0.15, 0.2) is 5.96 Å². The molecule has 0 saturated carbocycles. The third kappa shape index (κ3) is 5.67. The quantitative estimate of drug-likeness (QED) is 0.563. The van der Waals surface area contributed by atoms with Crippen LogP contribution in [0.2, 0.25) is 0 Å². The fourth-order valence-corrected chi connectivity index (χ4v) is 2.93. The minimum atomic E-state index is -3.02. The van der Waals surface area contributed by atoms with Crippen molar-refractivity contribution in [3.63, 3.8) is 0 Å². The minimum Gasteiger partial charge on any atom is -0.434 e. The zero-order valence-corrected chi connectivity index (χ0v) is 14.7. The van der Waals surface area contributed by atoms with Crippen molar-refractivity contribution in [3.05, 3.63) is 52.0 Å². The third-order valence-corrected chi connectivity index (χ3v) is 4.41. The van der Waals surface area contributed by atoms with E-state index in [-0.39, 0.29) is 23.9 Å². The van der Waals surface area contributed by atoms with E-state index in [1.165, 1.54) is 18.2 Å². The Balaban J connectivity index is 2.15. The topological polar surface area (TPSA) is 45.7 Å². The molecule has 0 radical (unpaired) electrons. The summed E-state index contributed by atoms with van der Waals surface area (Å²) in [4.78, 5) is 5.42. The summed E-state index contributed by atoms with van der Waals surface area (Å²) in [6.45, 7) is 1.35. The Morgan fingerprint density at radius 3 is 2.72 bits per heavy atom. The molecule has 0 amide bonds. The molecule has 8 heteroatoms. The smallest absolute Gasteiger partial charge is 0.387 e. The molecule has 2 N–H and O–H groups in total. The van der Waals surface area contributed by atoms with Gasteiger partial charge in [0.05, 0.1) is 18.2 Å². The summed E-state index contributed by atoms with van der Waals surface area (Å²) in [5.74, 6) is -0.375. The van der Waals surface area contributed by atoms with Crippen LogP contribution in [-0.4, -0.2) is 19.1 Å². The van der Waals surface area contributed by atoms with E-state index in [1.54, 1.807) is 11.3 Å². The number of nitrogens with one attached hydrogen (secondary N) is 2. The number of hydrogen-bond acceptors (Lipinski definition) is 3.